The molecule has 0 atom stereocenters. The summed E-state index contributed by atoms with van der Waals surface area (Å²) in [5.74, 6) is 0.643. The highest BCUT2D eigenvalue weighted by Crippen LogP contribution is 2.20. The molecule has 0 aromatic heterocycles. The van der Waals surface area contributed by atoms with E-state index in [1.165, 1.54) is 11.6 Å². The molecule has 2 rings (SSSR count). The van der Waals surface area contributed by atoms with Gasteiger partial charge >= 0.3 is 0 Å². The van der Waals surface area contributed by atoms with Crippen LogP contribution in [0.4, 0.5) is 4.39 Å². The van der Waals surface area contributed by atoms with E-state index in [0.29, 0.717) is 11.0 Å². The Morgan fingerprint density at radius 2 is 1.90 bits per heavy atom. The molecule has 0 aliphatic carbocycles. The molecule has 0 saturated carbocycles. The van der Waals surface area contributed by atoms with Crippen LogP contribution >= 0.6 is 15.9 Å². The molecular formula is C16H17BrFNO. The summed E-state index contributed by atoms with van der Waals surface area (Å²) >= 11 is 3.26. The zero-order valence-corrected chi connectivity index (χ0v) is 12.9. The molecule has 0 heterocycles. The van der Waals surface area contributed by atoms with Crippen molar-refractivity contribution >= 4 is 15.9 Å². The van der Waals surface area contributed by atoms with Crippen LogP contribution in [-0.4, -0.2) is 13.7 Å². The molecule has 0 saturated heterocycles. The van der Waals surface area contributed by atoms with Gasteiger partial charge in [-0.2, -0.15) is 0 Å². The van der Waals surface area contributed by atoms with Crippen molar-refractivity contribution in [2.45, 2.75) is 13.0 Å². The van der Waals surface area contributed by atoms with Crippen molar-refractivity contribution in [1.29, 1.82) is 0 Å². The summed E-state index contributed by atoms with van der Waals surface area (Å²) in [5, 5.41) is 3.32. The SMILES string of the molecule is COc1ccc(CCNCc2cccc(F)c2Br)cc1. The fourth-order valence-electron chi connectivity index (χ4n) is 1.93. The maximum Gasteiger partial charge on any atom is 0.137 e. The van der Waals surface area contributed by atoms with E-state index in [4.69, 9.17) is 4.74 Å². The Morgan fingerprint density at radius 1 is 1.15 bits per heavy atom. The van der Waals surface area contributed by atoms with Crippen LogP contribution in [0, 0.1) is 5.82 Å². The Morgan fingerprint density at radius 3 is 2.60 bits per heavy atom. The fraction of sp³-hybridized carbons (Fsp3) is 0.250. The van der Waals surface area contributed by atoms with E-state index in [1.54, 1.807) is 13.2 Å². The van der Waals surface area contributed by atoms with Crippen molar-refractivity contribution in [3.8, 4) is 5.75 Å². The second kappa shape index (κ2) is 7.41. The first-order valence-corrected chi connectivity index (χ1v) is 7.26. The average Bonchev–Trinajstić information content (AvgIpc) is 2.48. The van der Waals surface area contributed by atoms with E-state index in [2.05, 4.69) is 33.4 Å². The molecular weight excluding hydrogens is 321 g/mol. The van der Waals surface area contributed by atoms with Gasteiger partial charge in [0.1, 0.15) is 11.6 Å². The molecule has 4 heteroatoms. The third-order valence-corrected chi connectivity index (χ3v) is 3.98. The Hall–Kier alpha value is -1.39. The smallest absolute Gasteiger partial charge is 0.137 e. The lowest BCUT2D eigenvalue weighted by Crippen LogP contribution is -2.17. The van der Waals surface area contributed by atoms with Crippen molar-refractivity contribution < 1.29 is 9.13 Å². The second-order valence-electron chi connectivity index (χ2n) is 4.49. The van der Waals surface area contributed by atoms with Crippen molar-refractivity contribution in [3.05, 3.63) is 63.9 Å². The Kier molecular flexibility index (Phi) is 5.56. The lowest BCUT2D eigenvalue weighted by molar-refractivity contribution is 0.414. The summed E-state index contributed by atoms with van der Waals surface area (Å²) in [4.78, 5) is 0. The van der Waals surface area contributed by atoms with E-state index in [9.17, 15) is 4.39 Å². The standard InChI is InChI=1S/C16H17BrFNO/c1-20-14-7-5-12(6-8-14)9-10-19-11-13-3-2-4-15(18)16(13)17/h2-8,19H,9-11H2,1H3. The highest BCUT2D eigenvalue weighted by molar-refractivity contribution is 9.10. The zero-order chi connectivity index (χ0) is 14.4. The van der Waals surface area contributed by atoms with Crippen molar-refractivity contribution in [1.82, 2.24) is 5.32 Å². The number of benzene rings is 2. The van der Waals surface area contributed by atoms with Crippen LogP contribution in [0.15, 0.2) is 46.9 Å². The molecule has 2 aromatic carbocycles. The van der Waals surface area contributed by atoms with E-state index < -0.39 is 0 Å². The molecule has 2 aromatic rings. The number of hydrogen-bond acceptors (Lipinski definition) is 2. The van der Waals surface area contributed by atoms with Gasteiger partial charge in [-0.05, 0) is 58.2 Å². The second-order valence-corrected chi connectivity index (χ2v) is 5.28. The first-order chi connectivity index (χ1) is 9.70. The third kappa shape index (κ3) is 4.05. The van der Waals surface area contributed by atoms with Crippen molar-refractivity contribution in [3.63, 3.8) is 0 Å². The molecule has 0 amide bonds. The summed E-state index contributed by atoms with van der Waals surface area (Å²) in [6.07, 6.45) is 0.928. The quantitative estimate of drug-likeness (QED) is 0.806. The van der Waals surface area contributed by atoms with Crippen LogP contribution in [0.25, 0.3) is 0 Å². The lowest BCUT2D eigenvalue weighted by Gasteiger charge is -2.08. The zero-order valence-electron chi connectivity index (χ0n) is 11.3. The summed E-state index contributed by atoms with van der Waals surface area (Å²) < 4.78 is 19.0. The van der Waals surface area contributed by atoms with Gasteiger partial charge in [0.15, 0.2) is 0 Å². The minimum atomic E-state index is -0.223. The number of methoxy groups -OCH3 is 1. The van der Waals surface area contributed by atoms with Crippen LogP contribution in [-0.2, 0) is 13.0 Å². The van der Waals surface area contributed by atoms with Gasteiger partial charge in [-0.15, -0.1) is 0 Å². The molecule has 106 valence electrons. The molecule has 0 spiro atoms. The molecule has 0 aliphatic rings. The summed E-state index contributed by atoms with van der Waals surface area (Å²) in [6, 6.07) is 13.1. The molecule has 20 heavy (non-hydrogen) atoms. The van der Waals surface area contributed by atoms with E-state index in [0.717, 1.165) is 24.3 Å². The van der Waals surface area contributed by atoms with Gasteiger partial charge in [0.25, 0.3) is 0 Å². The predicted octanol–water partition coefficient (Wildman–Crippen LogP) is 3.93. The third-order valence-electron chi connectivity index (χ3n) is 3.10. The van der Waals surface area contributed by atoms with E-state index >= 15 is 0 Å². The van der Waals surface area contributed by atoms with Gasteiger partial charge in [0.2, 0.25) is 0 Å². The molecule has 0 unspecified atom stereocenters. The molecule has 0 fully saturated rings. The molecule has 0 radical (unpaired) electrons. The van der Waals surface area contributed by atoms with E-state index in [-0.39, 0.29) is 5.82 Å². The highest BCUT2D eigenvalue weighted by atomic mass is 79.9. The van der Waals surface area contributed by atoms with E-state index in [1.807, 2.05) is 18.2 Å². The average molecular weight is 338 g/mol. The molecule has 0 bridgehead atoms. The summed E-state index contributed by atoms with van der Waals surface area (Å²) in [7, 11) is 1.66. The van der Waals surface area contributed by atoms with Crippen molar-refractivity contribution in [2.75, 3.05) is 13.7 Å². The van der Waals surface area contributed by atoms with Gasteiger partial charge in [-0.25, -0.2) is 4.39 Å². The lowest BCUT2D eigenvalue weighted by atomic mass is 10.1. The molecule has 0 aliphatic heterocycles. The number of hydrogen-bond donors (Lipinski definition) is 1. The minimum absolute atomic E-state index is 0.223. The van der Waals surface area contributed by atoms with Gasteiger partial charge in [0, 0.05) is 6.54 Å². The molecule has 1 N–H and O–H groups in total. The van der Waals surface area contributed by atoms with Crippen LogP contribution in [0.1, 0.15) is 11.1 Å². The number of nitrogens with one attached hydrogen (secondary N) is 1. The maximum absolute atomic E-state index is 13.3. The van der Waals surface area contributed by atoms with Gasteiger partial charge in [0.05, 0.1) is 11.6 Å². The number of rotatable bonds is 6. The maximum atomic E-state index is 13.3. The minimum Gasteiger partial charge on any atom is -0.497 e. The number of ether oxygens (including phenoxy) is 1. The first-order valence-electron chi connectivity index (χ1n) is 6.47. The normalized spacial score (nSPS) is 10.6. The molecule has 2 nitrogen and oxygen atoms in total. The Labute approximate surface area is 127 Å². The van der Waals surface area contributed by atoms with Crippen molar-refractivity contribution in [2.24, 2.45) is 0 Å². The van der Waals surface area contributed by atoms with Gasteiger partial charge in [-0.1, -0.05) is 24.3 Å². The number of halogens is 2. The Bertz CT molecular complexity index is 557. The topological polar surface area (TPSA) is 21.3 Å². The Balaban J connectivity index is 1.80. The summed E-state index contributed by atoms with van der Waals surface area (Å²) in [6.45, 7) is 1.49. The monoisotopic (exact) mass is 337 g/mol. The highest BCUT2D eigenvalue weighted by Gasteiger charge is 2.04. The fourth-order valence-corrected chi connectivity index (χ4v) is 2.34. The predicted molar refractivity (Wildman–Crippen MR) is 82.5 cm³/mol. The first kappa shape index (κ1) is 15.0. The largest absolute Gasteiger partial charge is 0.497 e. The van der Waals surface area contributed by atoms with Crippen LogP contribution in [0.5, 0.6) is 5.75 Å². The van der Waals surface area contributed by atoms with Crippen LogP contribution < -0.4 is 10.1 Å². The van der Waals surface area contributed by atoms with Crippen LogP contribution in [0.3, 0.4) is 0 Å². The van der Waals surface area contributed by atoms with Crippen LogP contribution in [0.2, 0.25) is 0 Å². The van der Waals surface area contributed by atoms with Gasteiger partial charge in [-0.3, -0.25) is 0 Å². The summed E-state index contributed by atoms with van der Waals surface area (Å²) in [5.41, 5.74) is 2.18. The van der Waals surface area contributed by atoms with Gasteiger partial charge < -0.3 is 10.1 Å².